The van der Waals surface area contributed by atoms with E-state index in [1.165, 1.54) is 16.4 Å². The Morgan fingerprint density at radius 2 is 1.65 bits per heavy atom. The highest BCUT2D eigenvalue weighted by Gasteiger charge is 2.34. The predicted octanol–water partition coefficient (Wildman–Crippen LogP) is 2.65. The second kappa shape index (κ2) is 10.3. The number of sulfonamides is 1. The second-order valence-electron chi connectivity index (χ2n) is 8.99. The smallest absolute Gasteiger partial charge is 0.244 e. The van der Waals surface area contributed by atoms with Gasteiger partial charge in [0.25, 0.3) is 0 Å². The molecule has 0 aliphatic carbocycles. The first-order valence-corrected chi connectivity index (χ1v) is 13.5. The normalized spacial score (nSPS) is 16.6. The quantitative estimate of drug-likeness (QED) is 0.484. The molecule has 0 bridgehead atoms. The summed E-state index contributed by atoms with van der Waals surface area (Å²) in [6.07, 6.45) is 0.398. The van der Waals surface area contributed by atoms with E-state index in [1.807, 2.05) is 18.2 Å². The fourth-order valence-corrected chi connectivity index (χ4v) is 6.07. The van der Waals surface area contributed by atoms with Crippen LogP contribution in [0.3, 0.4) is 0 Å². The number of ether oxygens (including phenoxy) is 2. The van der Waals surface area contributed by atoms with Gasteiger partial charge in [0.1, 0.15) is 6.07 Å². The van der Waals surface area contributed by atoms with E-state index in [1.54, 1.807) is 31.4 Å². The van der Waals surface area contributed by atoms with Gasteiger partial charge in [-0.3, -0.25) is 0 Å². The topological polar surface area (TPSA) is 112 Å². The van der Waals surface area contributed by atoms with E-state index in [2.05, 4.69) is 16.8 Å². The molecular formula is C26H28N6O4S. The van der Waals surface area contributed by atoms with Crippen molar-refractivity contribution in [2.75, 3.05) is 51.8 Å². The summed E-state index contributed by atoms with van der Waals surface area (Å²) < 4.78 is 40.2. The van der Waals surface area contributed by atoms with Gasteiger partial charge in [-0.25, -0.2) is 13.4 Å². The number of benzene rings is 2. The Morgan fingerprint density at radius 1 is 0.946 bits per heavy atom. The van der Waals surface area contributed by atoms with Crippen LogP contribution in [-0.2, 0) is 23.0 Å². The van der Waals surface area contributed by atoms with Gasteiger partial charge in [-0.1, -0.05) is 24.3 Å². The van der Waals surface area contributed by atoms with E-state index in [9.17, 15) is 13.7 Å². The van der Waals surface area contributed by atoms with Crippen molar-refractivity contribution >= 4 is 16.0 Å². The van der Waals surface area contributed by atoms with E-state index >= 15 is 0 Å². The Hall–Kier alpha value is -3.72. The maximum absolute atomic E-state index is 13.6. The zero-order valence-corrected chi connectivity index (χ0v) is 21.6. The van der Waals surface area contributed by atoms with Crippen molar-refractivity contribution in [3.63, 3.8) is 0 Å². The molecule has 0 atom stereocenters. The highest BCUT2D eigenvalue weighted by molar-refractivity contribution is 7.89. The Kier molecular flexibility index (Phi) is 6.97. The molecule has 2 aromatic carbocycles. The van der Waals surface area contributed by atoms with E-state index in [4.69, 9.17) is 19.4 Å². The first kappa shape index (κ1) is 25.0. The largest absolute Gasteiger partial charge is 0.493 e. The number of hydrogen-bond acceptors (Lipinski definition) is 9. The van der Waals surface area contributed by atoms with Gasteiger partial charge in [0.05, 0.1) is 28.8 Å². The molecule has 192 valence electrons. The van der Waals surface area contributed by atoms with Crippen LogP contribution < -0.4 is 14.4 Å². The number of piperazine rings is 1. The first-order chi connectivity index (χ1) is 17.9. The fourth-order valence-electron chi connectivity index (χ4n) is 4.51. The molecule has 0 N–H and O–H groups in total. The number of nitrogens with zero attached hydrogens (tertiary/aromatic N) is 6. The minimum absolute atomic E-state index is 0.0110. The van der Waals surface area contributed by atoms with E-state index in [-0.39, 0.29) is 23.5 Å². The number of anilines is 1. The molecule has 11 heteroatoms. The molecule has 0 amide bonds. The van der Waals surface area contributed by atoms with Gasteiger partial charge in [-0.2, -0.15) is 14.6 Å². The highest BCUT2D eigenvalue weighted by atomic mass is 32.2. The molecule has 0 spiro atoms. The number of methoxy groups -OCH3 is 1. The maximum Gasteiger partial charge on any atom is 0.244 e. The van der Waals surface area contributed by atoms with E-state index in [0.29, 0.717) is 35.3 Å². The summed E-state index contributed by atoms with van der Waals surface area (Å²) in [4.78, 5) is 14.0. The molecule has 1 fully saturated rings. The lowest BCUT2D eigenvalue weighted by molar-refractivity contribution is 0.309. The summed E-state index contributed by atoms with van der Waals surface area (Å²) in [5.41, 5.74) is 1.47. The van der Waals surface area contributed by atoms with Crippen LogP contribution in [-0.4, -0.2) is 74.5 Å². The summed E-state index contributed by atoms with van der Waals surface area (Å²) in [6, 6.07) is 15.5. The van der Waals surface area contributed by atoms with Gasteiger partial charge in [-0.15, -0.1) is 0 Å². The number of fused-ring (bicyclic) bond motifs is 1. The third-order valence-corrected chi connectivity index (χ3v) is 8.57. The van der Waals surface area contributed by atoms with Crippen LogP contribution >= 0.6 is 0 Å². The highest BCUT2D eigenvalue weighted by Crippen LogP contribution is 2.36. The molecule has 1 aromatic heterocycles. The van der Waals surface area contributed by atoms with Crippen molar-refractivity contribution < 1.29 is 17.9 Å². The Morgan fingerprint density at radius 3 is 2.38 bits per heavy atom. The average Bonchev–Trinajstić information content (AvgIpc) is 2.93. The van der Waals surface area contributed by atoms with Crippen LogP contribution in [0.25, 0.3) is 0 Å². The third-order valence-electron chi connectivity index (χ3n) is 6.66. The predicted molar refractivity (Wildman–Crippen MR) is 137 cm³/mol. The molecular weight excluding hydrogens is 492 g/mol. The van der Waals surface area contributed by atoms with Gasteiger partial charge >= 0.3 is 0 Å². The fraction of sp³-hybridized carbons (Fsp3) is 0.346. The van der Waals surface area contributed by atoms with Gasteiger partial charge < -0.3 is 19.3 Å². The molecule has 37 heavy (non-hydrogen) atoms. The van der Waals surface area contributed by atoms with Crippen molar-refractivity contribution in [2.24, 2.45) is 0 Å². The van der Waals surface area contributed by atoms with Crippen LogP contribution in [0.4, 0.5) is 5.95 Å². The zero-order valence-electron chi connectivity index (χ0n) is 20.8. The monoisotopic (exact) mass is 520 g/mol. The number of hydrogen-bond donors (Lipinski definition) is 0. The molecule has 3 aromatic rings. The lowest BCUT2D eigenvalue weighted by atomic mass is 10.1. The Balaban J connectivity index is 1.54. The lowest BCUT2D eigenvalue weighted by Gasteiger charge is -2.34. The number of para-hydroxylation sites is 2. The molecule has 5 rings (SSSR count). The number of nitriles is 1. The minimum atomic E-state index is -3.93. The van der Waals surface area contributed by atoms with Crippen molar-refractivity contribution in [2.45, 2.75) is 17.9 Å². The zero-order chi connectivity index (χ0) is 26.0. The van der Waals surface area contributed by atoms with Crippen LogP contribution in [0.15, 0.2) is 53.4 Å². The summed E-state index contributed by atoms with van der Waals surface area (Å²) in [5.74, 6) is 1.89. The Bertz CT molecular complexity index is 1450. The van der Waals surface area contributed by atoms with E-state index < -0.39 is 10.0 Å². The molecule has 1 saturated heterocycles. The molecule has 2 aliphatic rings. The second-order valence-corrected chi connectivity index (χ2v) is 10.9. The van der Waals surface area contributed by atoms with Crippen molar-refractivity contribution in [1.82, 2.24) is 19.2 Å². The van der Waals surface area contributed by atoms with Gasteiger partial charge in [0.2, 0.25) is 21.9 Å². The number of aromatic nitrogens is 2. The maximum atomic E-state index is 13.6. The average molecular weight is 521 g/mol. The number of likely N-dealkylation sites (N-methyl/N-ethyl adjacent to an activating group) is 1. The van der Waals surface area contributed by atoms with Gasteiger partial charge in [0.15, 0.2) is 11.5 Å². The van der Waals surface area contributed by atoms with Crippen LogP contribution in [0.5, 0.6) is 17.4 Å². The molecule has 0 radical (unpaired) electrons. The van der Waals surface area contributed by atoms with Crippen molar-refractivity contribution in [3.8, 4) is 23.4 Å². The van der Waals surface area contributed by atoms with Gasteiger partial charge in [-0.05, 0) is 31.3 Å². The molecule has 0 unspecified atom stereocenters. The summed E-state index contributed by atoms with van der Waals surface area (Å²) in [5, 5.41) is 9.47. The SMILES string of the molecule is COc1ccccc1Oc1nc(N2CCN(C)CC2)nc2c1CN(S(=O)(=O)c1ccccc1C#N)CC2. The lowest BCUT2D eigenvalue weighted by Crippen LogP contribution is -2.45. The minimum Gasteiger partial charge on any atom is -0.493 e. The van der Waals surface area contributed by atoms with Gasteiger partial charge in [0, 0.05) is 45.7 Å². The van der Waals surface area contributed by atoms with Crippen LogP contribution in [0.1, 0.15) is 16.8 Å². The summed E-state index contributed by atoms with van der Waals surface area (Å²) >= 11 is 0. The summed E-state index contributed by atoms with van der Waals surface area (Å²) in [6.45, 7) is 3.64. The van der Waals surface area contributed by atoms with Crippen LogP contribution in [0, 0.1) is 11.3 Å². The molecule has 0 saturated carbocycles. The number of rotatable bonds is 6. The Labute approximate surface area is 216 Å². The van der Waals surface area contributed by atoms with Crippen LogP contribution in [0.2, 0.25) is 0 Å². The summed E-state index contributed by atoms with van der Waals surface area (Å²) in [7, 11) is -0.280. The van der Waals surface area contributed by atoms with Crippen molar-refractivity contribution in [1.29, 1.82) is 5.26 Å². The molecule has 2 aliphatic heterocycles. The van der Waals surface area contributed by atoms with Crippen molar-refractivity contribution in [3.05, 3.63) is 65.4 Å². The van der Waals surface area contributed by atoms with E-state index in [0.717, 1.165) is 31.9 Å². The first-order valence-electron chi connectivity index (χ1n) is 12.0. The molecule has 3 heterocycles. The standard InChI is InChI=1S/C26H28N6O4S/c1-30-13-15-31(16-14-30)26-28-21-11-12-32(37(33,34)24-10-6-3-7-19(24)17-27)18-20(21)25(29-26)36-23-9-5-4-8-22(23)35-2/h3-10H,11-16,18H2,1-2H3. The molecule has 10 nitrogen and oxygen atoms in total. The third kappa shape index (κ3) is 4.96.